The number of carboxylic acid groups (broad SMARTS) is 1. The van der Waals surface area contributed by atoms with E-state index in [0.717, 1.165) is 0 Å². The standard InChI is InChI=1S/C20H18N2O6S2/c23-18(24)7-2-1-3-10-21-19(25)17(30-20(21)29)12-15-8-9-16(28-15)13-5-4-6-14(11-13)22(26)27/h4-6,8-9,11-12H,1-3,7,10H2,(H,23,24). The third-order valence-electron chi connectivity index (χ3n) is 4.39. The number of nitro groups is 1. The first kappa shape index (κ1) is 21.7. The molecule has 0 unspecified atom stereocenters. The van der Waals surface area contributed by atoms with Crippen LogP contribution in [0.3, 0.4) is 0 Å². The largest absolute Gasteiger partial charge is 0.481 e. The highest BCUT2D eigenvalue weighted by Gasteiger charge is 2.31. The molecule has 1 aliphatic rings. The number of carbonyl (C=O) groups is 2. The molecule has 0 radical (unpaired) electrons. The summed E-state index contributed by atoms with van der Waals surface area (Å²) in [7, 11) is 0. The number of amides is 1. The molecule has 1 amide bonds. The molecular weight excluding hydrogens is 428 g/mol. The van der Waals surface area contributed by atoms with Gasteiger partial charge in [-0.1, -0.05) is 42.5 Å². The van der Waals surface area contributed by atoms with Gasteiger partial charge in [-0.05, 0) is 25.0 Å². The van der Waals surface area contributed by atoms with Crippen LogP contribution in [-0.4, -0.2) is 37.7 Å². The molecule has 2 heterocycles. The average Bonchev–Trinajstić information content (AvgIpc) is 3.27. The predicted octanol–water partition coefficient (Wildman–Crippen LogP) is 4.70. The Morgan fingerprint density at radius 1 is 1.27 bits per heavy atom. The van der Waals surface area contributed by atoms with Crippen molar-refractivity contribution in [1.82, 2.24) is 4.90 Å². The maximum absolute atomic E-state index is 12.6. The highest BCUT2D eigenvalue weighted by molar-refractivity contribution is 8.26. The van der Waals surface area contributed by atoms with E-state index in [9.17, 15) is 19.7 Å². The number of unbranched alkanes of at least 4 members (excludes halogenated alkanes) is 2. The maximum atomic E-state index is 12.6. The zero-order valence-electron chi connectivity index (χ0n) is 15.8. The van der Waals surface area contributed by atoms with E-state index in [2.05, 4.69) is 0 Å². The molecule has 0 atom stereocenters. The minimum Gasteiger partial charge on any atom is -0.481 e. The molecule has 10 heteroatoms. The zero-order valence-corrected chi connectivity index (χ0v) is 17.4. The number of hydrogen-bond donors (Lipinski definition) is 1. The van der Waals surface area contributed by atoms with Crippen molar-refractivity contribution in [1.29, 1.82) is 0 Å². The molecule has 1 aromatic heterocycles. The van der Waals surface area contributed by atoms with Crippen LogP contribution in [0.4, 0.5) is 5.69 Å². The number of rotatable bonds is 9. The molecule has 1 fully saturated rings. The fourth-order valence-electron chi connectivity index (χ4n) is 2.90. The van der Waals surface area contributed by atoms with E-state index < -0.39 is 10.9 Å². The van der Waals surface area contributed by atoms with E-state index in [4.69, 9.17) is 21.7 Å². The summed E-state index contributed by atoms with van der Waals surface area (Å²) in [5.74, 6) is -0.139. The van der Waals surface area contributed by atoms with Gasteiger partial charge in [0.05, 0.1) is 9.83 Å². The summed E-state index contributed by atoms with van der Waals surface area (Å²) in [5.41, 5.74) is 0.535. The number of thiocarbonyl (C=S) groups is 1. The fourth-order valence-corrected chi connectivity index (χ4v) is 4.19. The number of aliphatic carboxylic acids is 1. The van der Waals surface area contributed by atoms with E-state index in [1.165, 1.54) is 28.8 Å². The average molecular weight is 447 g/mol. The number of non-ortho nitro benzene ring substituents is 1. The van der Waals surface area contributed by atoms with Crippen LogP contribution in [0.2, 0.25) is 0 Å². The van der Waals surface area contributed by atoms with Crippen molar-refractivity contribution in [2.45, 2.75) is 25.7 Å². The van der Waals surface area contributed by atoms with Gasteiger partial charge < -0.3 is 9.52 Å². The first-order valence-corrected chi connectivity index (χ1v) is 10.4. The molecule has 2 aromatic rings. The number of furan rings is 1. The second-order valence-corrected chi connectivity index (χ2v) is 8.22. The van der Waals surface area contributed by atoms with Crippen LogP contribution in [0.5, 0.6) is 0 Å². The Morgan fingerprint density at radius 2 is 2.07 bits per heavy atom. The lowest BCUT2D eigenvalue weighted by Crippen LogP contribution is -2.29. The Morgan fingerprint density at radius 3 is 2.80 bits per heavy atom. The van der Waals surface area contributed by atoms with Crippen molar-refractivity contribution >= 4 is 51.9 Å². The molecule has 0 bridgehead atoms. The summed E-state index contributed by atoms with van der Waals surface area (Å²) in [4.78, 5) is 35.6. The molecule has 1 aromatic carbocycles. The Balaban J connectivity index is 1.65. The van der Waals surface area contributed by atoms with E-state index in [0.29, 0.717) is 52.1 Å². The summed E-state index contributed by atoms with van der Waals surface area (Å²) in [6.45, 7) is 0.443. The zero-order chi connectivity index (χ0) is 21.7. The number of carbonyl (C=O) groups excluding carboxylic acids is 1. The van der Waals surface area contributed by atoms with Gasteiger partial charge in [0.15, 0.2) is 0 Å². The first-order valence-electron chi connectivity index (χ1n) is 9.17. The summed E-state index contributed by atoms with van der Waals surface area (Å²) in [6.07, 6.45) is 3.65. The van der Waals surface area contributed by atoms with Gasteiger partial charge in [-0.2, -0.15) is 0 Å². The van der Waals surface area contributed by atoms with Gasteiger partial charge in [-0.3, -0.25) is 24.6 Å². The number of nitro benzene ring substituents is 1. The van der Waals surface area contributed by atoms with Gasteiger partial charge in [0.1, 0.15) is 15.8 Å². The van der Waals surface area contributed by atoms with Gasteiger partial charge in [0.25, 0.3) is 11.6 Å². The third-order valence-corrected chi connectivity index (χ3v) is 5.77. The summed E-state index contributed by atoms with van der Waals surface area (Å²) >= 11 is 6.47. The maximum Gasteiger partial charge on any atom is 0.303 e. The summed E-state index contributed by atoms with van der Waals surface area (Å²) < 4.78 is 6.19. The fraction of sp³-hybridized carbons (Fsp3) is 0.250. The lowest BCUT2D eigenvalue weighted by molar-refractivity contribution is -0.384. The van der Waals surface area contributed by atoms with E-state index in [1.54, 1.807) is 30.3 Å². The molecular formula is C20H18N2O6S2. The SMILES string of the molecule is O=C(O)CCCCCN1C(=O)C(=Cc2ccc(-c3cccc([N+](=O)[O-])c3)o2)SC1=S. The minimum absolute atomic E-state index is 0.0327. The molecule has 1 aliphatic heterocycles. The second-order valence-electron chi connectivity index (χ2n) is 6.55. The van der Waals surface area contributed by atoms with E-state index in [-0.39, 0.29) is 18.0 Å². The topological polar surface area (TPSA) is 114 Å². The van der Waals surface area contributed by atoms with Crippen molar-refractivity contribution in [3.8, 4) is 11.3 Å². The van der Waals surface area contributed by atoms with Crippen LogP contribution in [-0.2, 0) is 9.59 Å². The number of benzene rings is 1. The number of carboxylic acids is 1. The quantitative estimate of drug-likeness (QED) is 0.194. The molecule has 1 saturated heterocycles. The summed E-state index contributed by atoms with van der Waals surface area (Å²) in [5, 5.41) is 19.6. The van der Waals surface area contributed by atoms with Crippen molar-refractivity contribution in [3.05, 3.63) is 57.2 Å². The summed E-state index contributed by atoms with van der Waals surface area (Å²) in [6, 6.07) is 9.49. The van der Waals surface area contributed by atoms with Crippen molar-refractivity contribution < 1.29 is 24.0 Å². The monoisotopic (exact) mass is 446 g/mol. The van der Waals surface area contributed by atoms with Crippen LogP contribution in [0, 0.1) is 10.1 Å². The predicted molar refractivity (Wildman–Crippen MR) is 117 cm³/mol. The molecule has 1 N–H and O–H groups in total. The van der Waals surface area contributed by atoms with Gasteiger partial charge >= 0.3 is 5.97 Å². The third kappa shape index (κ3) is 5.33. The smallest absolute Gasteiger partial charge is 0.303 e. The Labute approximate surface area is 181 Å². The highest BCUT2D eigenvalue weighted by Crippen LogP contribution is 2.34. The second kappa shape index (κ2) is 9.68. The van der Waals surface area contributed by atoms with E-state index >= 15 is 0 Å². The van der Waals surface area contributed by atoms with Crippen molar-refractivity contribution in [2.24, 2.45) is 0 Å². The van der Waals surface area contributed by atoms with Crippen LogP contribution >= 0.6 is 24.0 Å². The minimum atomic E-state index is -0.827. The Hall–Kier alpha value is -2.98. The molecule has 0 saturated carbocycles. The molecule has 8 nitrogen and oxygen atoms in total. The lowest BCUT2D eigenvalue weighted by Gasteiger charge is -2.13. The number of hydrogen-bond acceptors (Lipinski definition) is 7. The Kier molecular flexibility index (Phi) is 7.01. The number of thioether (sulfide) groups is 1. The Bertz CT molecular complexity index is 1030. The normalized spacial score (nSPS) is 15.2. The van der Waals surface area contributed by atoms with Crippen molar-refractivity contribution in [2.75, 3.05) is 6.54 Å². The number of nitrogens with zero attached hydrogens (tertiary/aromatic N) is 2. The van der Waals surface area contributed by atoms with E-state index in [1.807, 2.05) is 0 Å². The molecule has 3 rings (SSSR count). The van der Waals surface area contributed by atoms with Crippen LogP contribution < -0.4 is 0 Å². The first-order chi connectivity index (χ1) is 14.3. The molecule has 0 aliphatic carbocycles. The van der Waals surface area contributed by atoms with Crippen LogP contribution in [0.25, 0.3) is 17.4 Å². The van der Waals surface area contributed by atoms with Crippen LogP contribution in [0.15, 0.2) is 45.7 Å². The highest BCUT2D eigenvalue weighted by atomic mass is 32.2. The molecule has 30 heavy (non-hydrogen) atoms. The van der Waals surface area contributed by atoms with Gasteiger partial charge in [-0.15, -0.1) is 0 Å². The van der Waals surface area contributed by atoms with Crippen LogP contribution in [0.1, 0.15) is 31.4 Å². The van der Waals surface area contributed by atoms with Gasteiger partial charge in [0, 0.05) is 36.7 Å². The lowest BCUT2D eigenvalue weighted by atomic mass is 10.1. The van der Waals surface area contributed by atoms with Gasteiger partial charge in [0.2, 0.25) is 0 Å². The van der Waals surface area contributed by atoms with Gasteiger partial charge in [-0.25, -0.2) is 0 Å². The molecule has 156 valence electrons. The molecule has 0 spiro atoms. The van der Waals surface area contributed by atoms with Crippen molar-refractivity contribution in [3.63, 3.8) is 0 Å².